The van der Waals surface area contributed by atoms with Gasteiger partial charge < -0.3 is 0 Å². The lowest BCUT2D eigenvalue weighted by Gasteiger charge is -2.27. The Morgan fingerprint density at radius 2 is 1.95 bits per heavy atom. The number of Topliss-reactive ketones (excluding diaryl/α,β-unsaturated/α-hetero) is 1. The van der Waals surface area contributed by atoms with Crippen molar-refractivity contribution in [2.75, 3.05) is 19.6 Å². The van der Waals surface area contributed by atoms with Crippen molar-refractivity contribution in [2.45, 2.75) is 39.5 Å². The molecule has 0 atom stereocenters. The maximum Gasteiger partial charge on any atom is 0.161 e. The molecule has 1 saturated heterocycles. The van der Waals surface area contributed by atoms with Gasteiger partial charge in [0.05, 0.1) is 0 Å². The van der Waals surface area contributed by atoms with Crippen LogP contribution in [-0.4, -0.2) is 30.3 Å². The Morgan fingerprint density at radius 1 is 1.25 bits per heavy atom. The van der Waals surface area contributed by atoms with Crippen LogP contribution >= 0.6 is 0 Å². The minimum Gasteiger partial charge on any atom is -0.299 e. The number of rotatable bonds is 4. The number of hydrogen-bond donors (Lipinski definition) is 0. The Bertz CT molecular complexity index is 485. The molecule has 2 heteroatoms. The number of likely N-dealkylation sites (tertiary alicyclic amines) is 1. The lowest BCUT2D eigenvalue weighted by Crippen LogP contribution is -2.36. The zero-order chi connectivity index (χ0) is 14.5. The van der Waals surface area contributed by atoms with Crippen LogP contribution in [0.1, 0.15) is 50.7 Å². The number of ketones is 1. The lowest BCUT2D eigenvalue weighted by molar-refractivity contribution is -0.117. The van der Waals surface area contributed by atoms with Gasteiger partial charge in [-0.25, -0.2) is 0 Å². The van der Waals surface area contributed by atoms with Gasteiger partial charge in [0.15, 0.2) is 5.78 Å². The van der Waals surface area contributed by atoms with E-state index in [2.05, 4.69) is 56.0 Å². The van der Waals surface area contributed by atoms with Gasteiger partial charge in [-0.3, -0.25) is 9.69 Å². The Labute approximate surface area is 122 Å². The molecule has 0 unspecified atom stereocenters. The van der Waals surface area contributed by atoms with Gasteiger partial charge in [0.25, 0.3) is 0 Å². The van der Waals surface area contributed by atoms with Crippen molar-refractivity contribution in [3.05, 3.63) is 41.0 Å². The molecule has 0 spiro atoms. The van der Waals surface area contributed by atoms with E-state index >= 15 is 0 Å². The zero-order valence-electron chi connectivity index (χ0n) is 12.9. The molecule has 1 fully saturated rings. The molecular formula is C18H25NO. The SMILES string of the molecule is CCCN1CCC(=O)/C(=C/c2ccc(C(C)C)cc2)C1. The fourth-order valence-electron chi connectivity index (χ4n) is 2.64. The van der Waals surface area contributed by atoms with Crippen molar-refractivity contribution in [1.82, 2.24) is 4.90 Å². The summed E-state index contributed by atoms with van der Waals surface area (Å²) in [5, 5.41) is 0. The summed E-state index contributed by atoms with van der Waals surface area (Å²) < 4.78 is 0. The van der Waals surface area contributed by atoms with E-state index in [4.69, 9.17) is 0 Å². The van der Waals surface area contributed by atoms with Crippen molar-refractivity contribution in [3.63, 3.8) is 0 Å². The van der Waals surface area contributed by atoms with E-state index in [1.807, 2.05) is 0 Å². The Kier molecular flexibility index (Phi) is 5.13. The number of benzene rings is 1. The second-order valence-electron chi connectivity index (χ2n) is 5.94. The molecule has 1 heterocycles. The summed E-state index contributed by atoms with van der Waals surface area (Å²) in [6.07, 6.45) is 3.87. The average Bonchev–Trinajstić information content (AvgIpc) is 2.43. The summed E-state index contributed by atoms with van der Waals surface area (Å²) in [6.45, 7) is 9.37. The molecular weight excluding hydrogens is 246 g/mol. The minimum atomic E-state index is 0.310. The van der Waals surface area contributed by atoms with E-state index in [9.17, 15) is 4.79 Å². The first-order valence-corrected chi connectivity index (χ1v) is 7.66. The van der Waals surface area contributed by atoms with Gasteiger partial charge in [-0.05, 0) is 36.1 Å². The van der Waals surface area contributed by atoms with Crippen molar-refractivity contribution >= 4 is 11.9 Å². The molecule has 0 amide bonds. The molecule has 0 N–H and O–H groups in total. The highest BCUT2D eigenvalue weighted by Gasteiger charge is 2.20. The third-order valence-electron chi connectivity index (χ3n) is 3.89. The third-order valence-corrected chi connectivity index (χ3v) is 3.89. The van der Waals surface area contributed by atoms with Crippen LogP contribution in [0.15, 0.2) is 29.8 Å². The maximum absolute atomic E-state index is 12.0. The molecule has 1 aliphatic rings. The summed E-state index contributed by atoms with van der Waals surface area (Å²) in [5.41, 5.74) is 3.44. The van der Waals surface area contributed by atoms with Gasteiger partial charge in [-0.15, -0.1) is 0 Å². The molecule has 2 nitrogen and oxygen atoms in total. The lowest BCUT2D eigenvalue weighted by atomic mass is 9.98. The molecule has 0 bridgehead atoms. The van der Waals surface area contributed by atoms with Crippen LogP contribution in [0, 0.1) is 0 Å². The number of nitrogens with zero attached hydrogens (tertiary/aromatic N) is 1. The highest BCUT2D eigenvalue weighted by molar-refractivity contribution is 6.00. The molecule has 1 aliphatic heterocycles. The molecule has 2 rings (SSSR count). The highest BCUT2D eigenvalue weighted by atomic mass is 16.1. The van der Waals surface area contributed by atoms with Gasteiger partial charge in [0.1, 0.15) is 0 Å². The topological polar surface area (TPSA) is 20.3 Å². The van der Waals surface area contributed by atoms with Crippen LogP contribution in [0.2, 0.25) is 0 Å². The molecule has 0 aliphatic carbocycles. The van der Waals surface area contributed by atoms with Crippen LogP contribution in [0.4, 0.5) is 0 Å². The molecule has 0 radical (unpaired) electrons. The fraction of sp³-hybridized carbons (Fsp3) is 0.500. The number of piperidine rings is 1. The van der Waals surface area contributed by atoms with Crippen molar-refractivity contribution in [3.8, 4) is 0 Å². The maximum atomic E-state index is 12.0. The monoisotopic (exact) mass is 271 g/mol. The van der Waals surface area contributed by atoms with E-state index in [1.165, 1.54) is 5.56 Å². The van der Waals surface area contributed by atoms with Crippen molar-refractivity contribution in [2.24, 2.45) is 0 Å². The first-order valence-electron chi connectivity index (χ1n) is 7.66. The number of carbonyl (C=O) groups is 1. The predicted molar refractivity (Wildman–Crippen MR) is 84.9 cm³/mol. The standard InChI is InChI=1S/C18H25NO/c1-4-10-19-11-9-18(20)17(13-19)12-15-5-7-16(8-6-15)14(2)3/h5-8,12,14H,4,9-11,13H2,1-3H3/b17-12+. The second kappa shape index (κ2) is 6.85. The summed E-state index contributed by atoms with van der Waals surface area (Å²) in [4.78, 5) is 14.4. The Balaban J connectivity index is 2.13. The van der Waals surface area contributed by atoms with E-state index in [0.717, 1.165) is 37.2 Å². The zero-order valence-corrected chi connectivity index (χ0v) is 12.9. The minimum absolute atomic E-state index is 0.310. The molecule has 20 heavy (non-hydrogen) atoms. The Morgan fingerprint density at radius 3 is 2.55 bits per heavy atom. The van der Waals surface area contributed by atoms with Crippen LogP contribution in [0.5, 0.6) is 0 Å². The van der Waals surface area contributed by atoms with E-state index in [0.29, 0.717) is 18.1 Å². The first kappa shape index (κ1) is 15.0. The van der Waals surface area contributed by atoms with Gasteiger partial charge >= 0.3 is 0 Å². The quantitative estimate of drug-likeness (QED) is 0.775. The van der Waals surface area contributed by atoms with Crippen molar-refractivity contribution < 1.29 is 4.79 Å². The normalized spacial score (nSPS) is 19.0. The van der Waals surface area contributed by atoms with E-state index in [1.54, 1.807) is 0 Å². The molecule has 1 aromatic carbocycles. The summed E-state index contributed by atoms with van der Waals surface area (Å²) >= 11 is 0. The Hall–Kier alpha value is -1.41. The van der Waals surface area contributed by atoms with E-state index < -0.39 is 0 Å². The summed E-state index contributed by atoms with van der Waals surface area (Å²) in [6, 6.07) is 8.56. The second-order valence-corrected chi connectivity index (χ2v) is 5.94. The fourth-order valence-corrected chi connectivity index (χ4v) is 2.64. The van der Waals surface area contributed by atoms with Gasteiger partial charge in [0, 0.05) is 25.1 Å². The molecule has 1 aromatic rings. The van der Waals surface area contributed by atoms with E-state index in [-0.39, 0.29) is 0 Å². The van der Waals surface area contributed by atoms with Crippen LogP contribution in [0.3, 0.4) is 0 Å². The molecule has 108 valence electrons. The summed E-state index contributed by atoms with van der Waals surface area (Å²) in [5.74, 6) is 0.860. The smallest absolute Gasteiger partial charge is 0.161 e. The summed E-state index contributed by atoms with van der Waals surface area (Å²) in [7, 11) is 0. The van der Waals surface area contributed by atoms with Crippen LogP contribution in [-0.2, 0) is 4.79 Å². The first-order chi connectivity index (χ1) is 9.60. The molecule has 0 saturated carbocycles. The van der Waals surface area contributed by atoms with Crippen LogP contribution in [0.25, 0.3) is 6.08 Å². The highest BCUT2D eigenvalue weighted by Crippen LogP contribution is 2.19. The van der Waals surface area contributed by atoms with Gasteiger partial charge in [0.2, 0.25) is 0 Å². The number of hydrogen-bond acceptors (Lipinski definition) is 2. The number of carbonyl (C=O) groups excluding carboxylic acids is 1. The van der Waals surface area contributed by atoms with Gasteiger partial charge in [-0.1, -0.05) is 45.0 Å². The van der Waals surface area contributed by atoms with Crippen LogP contribution < -0.4 is 0 Å². The predicted octanol–water partition coefficient (Wildman–Crippen LogP) is 3.88. The average molecular weight is 271 g/mol. The van der Waals surface area contributed by atoms with Crippen molar-refractivity contribution in [1.29, 1.82) is 0 Å². The largest absolute Gasteiger partial charge is 0.299 e. The van der Waals surface area contributed by atoms with Gasteiger partial charge in [-0.2, -0.15) is 0 Å². The molecule has 0 aromatic heterocycles. The third kappa shape index (κ3) is 3.80.